The number of rotatable bonds is 7. The van der Waals surface area contributed by atoms with Crippen molar-refractivity contribution in [1.82, 2.24) is 15.3 Å². The zero-order valence-corrected chi connectivity index (χ0v) is 16.7. The summed E-state index contributed by atoms with van der Waals surface area (Å²) < 4.78 is 16.6. The lowest BCUT2D eigenvalue weighted by Crippen LogP contribution is -2.31. The van der Waals surface area contributed by atoms with Crippen molar-refractivity contribution in [2.45, 2.75) is 18.9 Å². The summed E-state index contributed by atoms with van der Waals surface area (Å²) in [5, 5.41) is 2.92. The molecule has 4 rings (SSSR count). The number of hydrogen-bond acceptors (Lipinski definition) is 6. The first-order valence-electron chi connectivity index (χ1n) is 9.86. The van der Waals surface area contributed by atoms with Crippen molar-refractivity contribution in [3.63, 3.8) is 0 Å². The van der Waals surface area contributed by atoms with E-state index in [0.29, 0.717) is 35.3 Å². The van der Waals surface area contributed by atoms with E-state index in [4.69, 9.17) is 14.2 Å². The van der Waals surface area contributed by atoms with Crippen LogP contribution in [0.15, 0.2) is 60.8 Å². The Bertz CT molecular complexity index is 1000. The molecule has 1 fully saturated rings. The van der Waals surface area contributed by atoms with Gasteiger partial charge in [0.2, 0.25) is 5.88 Å². The highest BCUT2D eigenvalue weighted by Gasteiger charge is 2.16. The summed E-state index contributed by atoms with van der Waals surface area (Å²) in [6.07, 6.45) is 3.80. The minimum Gasteiger partial charge on any atom is -0.497 e. The lowest BCUT2D eigenvalue weighted by atomic mass is 10.1. The average molecular weight is 405 g/mol. The first-order valence-corrected chi connectivity index (χ1v) is 9.86. The number of nitrogens with zero attached hydrogens (tertiary/aromatic N) is 2. The van der Waals surface area contributed by atoms with Crippen molar-refractivity contribution >= 4 is 5.91 Å². The van der Waals surface area contributed by atoms with Crippen LogP contribution in [-0.2, 0) is 4.74 Å². The van der Waals surface area contributed by atoms with Crippen molar-refractivity contribution in [1.29, 1.82) is 0 Å². The van der Waals surface area contributed by atoms with E-state index in [-0.39, 0.29) is 12.0 Å². The van der Waals surface area contributed by atoms with Crippen LogP contribution in [0.25, 0.3) is 11.4 Å². The predicted molar refractivity (Wildman–Crippen MR) is 112 cm³/mol. The van der Waals surface area contributed by atoms with Crippen LogP contribution in [0.4, 0.5) is 0 Å². The minimum absolute atomic E-state index is 0.118. The second-order valence-corrected chi connectivity index (χ2v) is 6.92. The highest BCUT2D eigenvalue weighted by Crippen LogP contribution is 2.25. The van der Waals surface area contributed by atoms with Gasteiger partial charge < -0.3 is 19.5 Å². The van der Waals surface area contributed by atoms with E-state index in [9.17, 15) is 4.79 Å². The van der Waals surface area contributed by atoms with E-state index in [1.165, 1.54) is 0 Å². The fraction of sp³-hybridized carbons (Fsp3) is 0.261. The summed E-state index contributed by atoms with van der Waals surface area (Å²) in [6, 6.07) is 16.2. The number of carbonyl (C=O) groups is 1. The summed E-state index contributed by atoms with van der Waals surface area (Å²) in [4.78, 5) is 21.1. The molecule has 30 heavy (non-hydrogen) atoms. The Morgan fingerprint density at radius 3 is 2.77 bits per heavy atom. The summed E-state index contributed by atoms with van der Waals surface area (Å²) in [5.74, 6) is 2.15. The van der Waals surface area contributed by atoms with E-state index in [2.05, 4.69) is 15.3 Å². The maximum atomic E-state index is 12.3. The zero-order valence-electron chi connectivity index (χ0n) is 16.7. The van der Waals surface area contributed by atoms with Crippen LogP contribution >= 0.6 is 0 Å². The van der Waals surface area contributed by atoms with Gasteiger partial charge in [0, 0.05) is 42.6 Å². The van der Waals surface area contributed by atoms with E-state index in [1.807, 2.05) is 30.3 Å². The minimum atomic E-state index is -0.118. The quantitative estimate of drug-likeness (QED) is 0.643. The molecule has 2 heterocycles. The van der Waals surface area contributed by atoms with Crippen LogP contribution < -0.4 is 14.8 Å². The first-order chi connectivity index (χ1) is 14.7. The normalized spacial score (nSPS) is 15.6. The molecule has 1 saturated heterocycles. The number of methoxy groups -OCH3 is 1. The molecule has 1 aliphatic rings. The van der Waals surface area contributed by atoms with Gasteiger partial charge in [0.15, 0.2) is 5.82 Å². The lowest BCUT2D eigenvalue weighted by Gasteiger charge is -2.11. The van der Waals surface area contributed by atoms with Crippen LogP contribution in [0.1, 0.15) is 23.2 Å². The third-order valence-electron chi connectivity index (χ3n) is 4.81. The SMILES string of the molecule is COc1cccc(Oc2ccnc(-c3ccc(C(=O)NCC4CCCO4)cc3)n2)c1. The molecule has 0 saturated carbocycles. The summed E-state index contributed by atoms with van der Waals surface area (Å²) >= 11 is 0. The molecule has 3 aromatic rings. The molecule has 154 valence electrons. The van der Waals surface area contributed by atoms with Crippen LogP contribution in [-0.4, -0.2) is 42.2 Å². The van der Waals surface area contributed by atoms with Gasteiger partial charge in [-0.1, -0.05) is 18.2 Å². The van der Waals surface area contributed by atoms with E-state index in [0.717, 1.165) is 25.0 Å². The third-order valence-corrected chi connectivity index (χ3v) is 4.81. The Labute approximate surface area is 175 Å². The number of nitrogens with one attached hydrogen (secondary N) is 1. The third kappa shape index (κ3) is 4.93. The maximum Gasteiger partial charge on any atom is 0.251 e. The standard InChI is InChI=1S/C23H23N3O4/c1-28-18-4-2-5-19(14-18)30-21-11-12-24-22(26-21)16-7-9-17(10-8-16)23(27)25-15-20-6-3-13-29-20/h2,4-5,7-12,14,20H,3,6,13,15H2,1H3,(H,25,27). The predicted octanol–water partition coefficient (Wildman–Crippen LogP) is 3.85. The van der Waals surface area contributed by atoms with Gasteiger partial charge in [-0.25, -0.2) is 4.98 Å². The molecule has 7 nitrogen and oxygen atoms in total. The highest BCUT2D eigenvalue weighted by atomic mass is 16.5. The first kappa shape index (κ1) is 19.8. The van der Waals surface area contributed by atoms with Crippen LogP contribution in [0, 0.1) is 0 Å². The largest absolute Gasteiger partial charge is 0.497 e. The van der Waals surface area contributed by atoms with Crippen molar-refractivity contribution < 1.29 is 19.0 Å². The van der Waals surface area contributed by atoms with Gasteiger partial charge in [0.1, 0.15) is 11.5 Å². The number of carbonyl (C=O) groups excluding carboxylic acids is 1. The average Bonchev–Trinajstić information content (AvgIpc) is 3.32. The number of benzene rings is 2. The van der Waals surface area contributed by atoms with Gasteiger partial charge in [-0.3, -0.25) is 4.79 Å². The summed E-state index contributed by atoms with van der Waals surface area (Å²) in [5.41, 5.74) is 1.38. The highest BCUT2D eigenvalue weighted by molar-refractivity contribution is 5.94. The van der Waals surface area contributed by atoms with Crippen molar-refractivity contribution in [2.75, 3.05) is 20.3 Å². The summed E-state index contributed by atoms with van der Waals surface area (Å²) in [6.45, 7) is 1.31. The van der Waals surface area contributed by atoms with Crippen LogP contribution in [0.2, 0.25) is 0 Å². The van der Waals surface area contributed by atoms with Crippen LogP contribution in [0.5, 0.6) is 17.4 Å². The number of hydrogen-bond donors (Lipinski definition) is 1. The molecule has 0 bridgehead atoms. The molecule has 1 N–H and O–H groups in total. The fourth-order valence-corrected chi connectivity index (χ4v) is 3.21. The van der Waals surface area contributed by atoms with E-state index >= 15 is 0 Å². The number of aromatic nitrogens is 2. The Morgan fingerprint density at radius 2 is 2.00 bits per heavy atom. The van der Waals surface area contributed by atoms with Crippen LogP contribution in [0.3, 0.4) is 0 Å². The molecule has 7 heteroatoms. The molecule has 1 amide bonds. The Kier molecular flexibility index (Phi) is 6.20. The Morgan fingerprint density at radius 1 is 1.17 bits per heavy atom. The van der Waals surface area contributed by atoms with Gasteiger partial charge in [-0.05, 0) is 37.1 Å². The van der Waals surface area contributed by atoms with Crippen molar-refractivity contribution in [3.8, 4) is 28.8 Å². The smallest absolute Gasteiger partial charge is 0.251 e. The molecule has 0 radical (unpaired) electrons. The molecule has 1 aromatic heterocycles. The zero-order chi connectivity index (χ0) is 20.8. The topological polar surface area (TPSA) is 82.6 Å². The van der Waals surface area contributed by atoms with Gasteiger partial charge >= 0.3 is 0 Å². The number of ether oxygens (including phenoxy) is 3. The van der Waals surface area contributed by atoms with Gasteiger partial charge in [0.25, 0.3) is 5.91 Å². The van der Waals surface area contributed by atoms with Gasteiger partial charge in [-0.15, -0.1) is 0 Å². The molecule has 1 atom stereocenters. The molecule has 0 aliphatic carbocycles. The molecule has 1 unspecified atom stereocenters. The molecular weight excluding hydrogens is 382 g/mol. The summed E-state index contributed by atoms with van der Waals surface area (Å²) in [7, 11) is 1.61. The van der Waals surface area contributed by atoms with Gasteiger partial charge in [-0.2, -0.15) is 4.98 Å². The monoisotopic (exact) mass is 405 g/mol. The van der Waals surface area contributed by atoms with Crippen molar-refractivity contribution in [2.24, 2.45) is 0 Å². The second kappa shape index (κ2) is 9.37. The fourth-order valence-electron chi connectivity index (χ4n) is 3.21. The van der Waals surface area contributed by atoms with Gasteiger partial charge in [0.05, 0.1) is 13.2 Å². The molecule has 0 spiro atoms. The molecule has 1 aliphatic heterocycles. The maximum absolute atomic E-state index is 12.3. The van der Waals surface area contributed by atoms with Crippen molar-refractivity contribution in [3.05, 3.63) is 66.4 Å². The van der Waals surface area contributed by atoms with E-state index in [1.54, 1.807) is 37.6 Å². The number of amides is 1. The lowest BCUT2D eigenvalue weighted by molar-refractivity contribution is 0.0858. The Balaban J connectivity index is 1.42. The Hall–Kier alpha value is -3.45. The van der Waals surface area contributed by atoms with E-state index < -0.39 is 0 Å². The molecule has 2 aromatic carbocycles. The molecular formula is C23H23N3O4. The second-order valence-electron chi connectivity index (χ2n) is 6.92.